The molecule has 1 aromatic rings. The van der Waals surface area contributed by atoms with E-state index in [0.717, 1.165) is 23.7 Å². The number of carbonyl (C=O) groups excluding carboxylic acids is 3. The first-order valence-corrected chi connectivity index (χ1v) is 15.1. The van der Waals surface area contributed by atoms with Crippen molar-refractivity contribution in [2.24, 2.45) is 23.2 Å². The first-order chi connectivity index (χ1) is 17.6. The number of fused-ring (bicyclic) bond motifs is 2. The molecule has 202 valence electrons. The van der Waals surface area contributed by atoms with Crippen molar-refractivity contribution in [2.45, 2.75) is 62.9 Å². The van der Waals surface area contributed by atoms with Gasteiger partial charge in [0.1, 0.15) is 5.78 Å². The Hall–Kier alpha value is -2.04. The first kappa shape index (κ1) is 28.0. The fourth-order valence-corrected chi connectivity index (χ4v) is 6.97. The Morgan fingerprint density at radius 2 is 1.84 bits per heavy atom. The number of ketones is 1. The second-order valence-corrected chi connectivity index (χ2v) is 12.8. The van der Waals surface area contributed by atoms with Gasteiger partial charge in [-0.15, -0.1) is 0 Å². The van der Waals surface area contributed by atoms with E-state index in [0.29, 0.717) is 13.0 Å². The van der Waals surface area contributed by atoms with Crippen molar-refractivity contribution >= 4 is 43.7 Å². The molecular formula is C27H34BrNO7S. The van der Waals surface area contributed by atoms with Crippen molar-refractivity contribution in [3.63, 3.8) is 0 Å². The molecule has 0 radical (unpaired) electrons. The zero-order valence-corrected chi connectivity index (χ0v) is 23.6. The zero-order chi connectivity index (χ0) is 26.8. The highest BCUT2D eigenvalue weighted by molar-refractivity contribution is 9.10. The molecule has 1 amide bonds. The van der Waals surface area contributed by atoms with E-state index in [1.165, 1.54) is 12.1 Å². The van der Waals surface area contributed by atoms with Gasteiger partial charge in [0.2, 0.25) is 5.91 Å². The van der Waals surface area contributed by atoms with Gasteiger partial charge in [-0.3, -0.25) is 18.6 Å². The van der Waals surface area contributed by atoms with Crippen LogP contribution in [0.3, 0.4) is 0 Å². The molecule has 10 heteroatoms. The Morgan fingerprint density at radius 3 is 2.54 bits per heavy atom. The van der Waals surface area contributed by atoms with Gasteiger partial charge in [0.25, 0.3) is 10.1 Å². The molecule has 4 rings (SSSR count). The third-order valence-corrected chi connectivity index (χ3v) is 9.68. The Morgan fingerprint density at radius 1 is 1.14 bits per heavy atom. The molecule has 1 aromatic carbocycles. The van der Waals surface area contributed by atoms with Crippen LogP contribution < -0.4 is 0 Å². The van der Waals surface area contributed by atoms with Gasteiger partial charge in [-0.25, -0.2) is 0 Å². The summed E-state index contributed by atoms with van der Waals surface area (Å²) in [5.74, 6) is -2.26. The van der Waals surface area contributed by atoms with Gasteiger partial charge in [-0.1, -0.05) is 28.1 Å². The van der Waals surface area contributed by atoms with Crippen LogP contribution in [0.1, 0.15) is 51.9 Å². The quantitative estimate of drug-likeness (QED) is 0.284. The topological polar surface area (TPSA) is 107 Å². The third kappa shape index (κ3) is 6.17. The Balaban J connectivity index is 1.59. The molecule has 1 aliphatic heterocycles. The molecule has 0 saturated heterocycles. The molecule has 0 unspecified atom stereocenters. The van der Waals surface area contributed by atoms with Crippen LogP contribution in [0.4, 0.5) is 0 Å². The van der Waals surface area contributed by atoms with E-state index in [4.69, 9.17) is 8.92 Å². The lowest BCUT2D eigenvalue weighted by atomic mass is 9.84. The maximum atomic E-state index is 13.7. The SMILES string of the molecule is CCOC(=O)[C@]12CC(=O)[C@@H]3C[C@H](OS(=O)(=O)c4ccc(Br)cc4)C[C@H]3C(=O)N(C)CCCC/C=C\[C@@H]1C2. The van der Waals surface area contributed by atoms with E-state index in [2.05, 4.69) is 22.0 Å². The number of amides is 1. The Kier molecular flexibility index (Phi) is 8.60. The van der Waals surface area contributed by atoms with Crippen molar-refractivity contribution in [3.8, 4) is 0 Å². The lowest BCUT2D eigenvalue weighted by molar-refractivity contribution is -0.152. The average molecular weight is 597 g/mol. The van der Waals surface area contributed by atoms with Gasteiger partial charge >= 0.3 is 5.97 Å². The molecule has 0 aromatic heterocycles. The van der Waals surface area contributed by atoms with Crippen LogP contribution in [-0.4, -0.2) is 57.3 Å². The van der Waals surface area contributed by atoms with Gasteiger partial charge in [0, 0.05) is 30.4 Å². The molecule has 2 aliphatic carbocycles. The van der Waals surface area contributed by atoms with Gasteiger partial charge in [-0.05, 0) is 75.6 Å². The van der Waals surface area contributed by atoms with Crippen LogP contribution in [0, 0.1) is 23.2 Å². The van der Waals surface area contributed by atoms with Crippen molar-refractivity contribution in [2.75, 3.05) is 20.2 Å². The molecule has 1 heterocycles. The van der Waals surface area contributed by atoms with Crippen molar-refractivity contribution < 1.29 is 31.7 Å². The van der Waals surface area contributed by atoms with Crippen LogP contribution in [-0.2, 0) is 33.4 Å². The molecule has 5 atom stereocenters. The number of carbonyl (C=O) groups is 3. The van der Waals surface area contributed by atoms with Gasteiger partial charge < -0.3 is 9.64 Å². The van der Waals surface area contributed by atoms with Crippen LogP contribution in [0.2, 0.25) is 0 Å². The predicted molar refractivity (Wildman–Crippen MR) is 140 cm³/mol. The molecule has 37 heavy (non-hydrogen) atoms. The zero-order valence-electron chi connectivity index (χ0n) is 21.2. The standard InChI is InChI=1S/C27H34BrNO7S/c1-3-35-26(32)27-16-18(27)8-6-4-5-7-13-29(2)25(31)23-15-20(14-22(23)24(30)17-27)36-37(33,34)21-11-9-19(28)10-12-21/h6,8-12,18,20,22-23H,3-5,7,13-17H2,1-2H3/b8-6-/t18-,20+,22-,23-,27-/m1/s1. The summed E-state index contributed by atoms with van der Waals surface area (Å²) in [5, 5.41) is 0. The Labute approximate surface area is 227 Å². The number of allylic oxidation sites excluding steroid dienone is 2. The highest BCUT2D eigenvalue weighted by atomic mass is 79.9. The average Bonchev–Trinajstić information content (AvgIpc) is 3.39. The fourth-order valence-electron chi connectivity index (χ4n) is 5.61. The van der Waals surface area contributed by atoms with Crippen molar-refractivity contribution in [1.82, 2.24) is 4.90 Å². The third-order valence-electron chi connectivity index (χ3n) is 7.78. The van der Waals surface area contributed by atoms with E-state index >= 15 is 0 Å². The number of hydrogen-bond acceptors (Lipinski definition) is 7. The summed E-state index contributed by atoms with van der Waals surface area (Å²) in [7, 11) is -2.36. The second kappa shape index (κ2) is 11.4. The minimum Gasteiger partial charge on any atom is -0.466 e. The highest BCUT2D eigenvalue weighted by Gasteiger charge is 2.61. The number of halogens is 1. The van der Waals surface area contributed by atoms with E-state index in [1.54, 1.807) is 31.0 Å². The normalized spacial score (nSPS) is 31.7. The monoisotopic (exact) mass is 595 g/mol. The lowest BCUT2D eigenvalue weighted by Crippen LogP contribution is -2.38. The summed E-state index contributed by atoms with van der Waals surface area (Å²) >= 11 is 3.29. The number of esters is 1. The van der Waals surface area contributed by atoms with Gasteiger partial charge in [-0.2, -0.15) is 8.42 Å². The summed E-state index contributed by atoms with van der Waals surface area (Å²) in [6.45, 7) is 2.52. The largest absolute Gasteiger partial charge is 0.466 e. The molecule has 2 saturated carbocycles. The maximum Gasteiger partial charge on any atom is 0.313 e. The Bertz CT molecular complexity index is 1170. The van der Waals surface area contributed by atoms with Crippen molar-refractivity contribution in [1.29, 1.82) is 0 Å². The van der Waals surface area contributed by atoms with Crippen LogP contribution >= 0.6 is 15.9 Å². The highest BCUT2D eigenvalue weighted by Crippen LogP contribution is 2.58. The minimum atomic E-state index is -4.08. The summed E-state index contributed by atoms with van der Waals surface area (Å²) in [4.78, 5) is 41.6. The van der Waals surface area contributed by atoms with Crippen LogP contribution in [0.25, 0.3) is 0 Å². The van der Waals surface area contributed by atoms with Crippen molar-refractivity contribution in [3.05, 3.63) is 40.9 Å². The molecule has 0 spiro atoms. The first-order valence-electron chi connectivity index (χ1n) is 12.9. The smallest absolute Gasteiger partial charge is 0.313 e. The summed E-state index contributed by atoms with van der Waals surface area (Å²) in [5.41, 5.74) is -0.907. The number of ether oxygens (including phenoxy) is 1. The predicted octanol–water partition coefficient (Wildman–Crippen LogP) is 4.28. The minimum absolute atomic E-state index is 0.0118. The van der Waals surface area contributed by atoms with Crippen LogP contribution in [0.5, 0.6) is 0 Å². The van der Waals surface area contributed by atoms with E-state index in [-0.39, 0.29) is 54.3 Å². The van der Waals surface area contributed by atoms with Gasteiger partial charge in [0.15, 0.2) is 0 Å². The molecule has 2 fully saturated rings. The second-order valence-electron chi connectivity index (χ2n) is 10.3. The maximum absolute atomic E-state index is 13.7. The lowest BCUT2D eigenvalue weighted by Gasteiger charge is -2.25. The molecule has 3 aliphatic rings. The van der Waals surface area contributed by atoms with Gasteiger partial charge in [0.05, 0.1) is 28.9 Å². The number of rotatable bonds is 5. The van der Waals surface area contributed by atoms with E-state index < -0.39 is 33.5 Å². The fraction of sp³-hybridized carbons (Fsp3) is 0.593. The number of Topliss-reactive ketones (excluding diaryl/α,β-unsaturated/α-hetero) is 1. The molecular weight excluding hydrogens is 562 g/mol. The summed E-state index contributed by atoms with van der Waals surface area (Å²) < 4.78 is 37.5. The molecule has 8 nitrogen and oxygen atoms in total. The summed E-state index contributed by atoms with van der Waals surface area (Å²) in [6, 6.07) is 6.11. The van der Waals surface area contributed by atoms with Crippen LogP contribution in [0.15, 0.2) is 45.8 Å². The summed E-state index contributed by atoms with van der Waals surface area (Å²) in [6.07, 6.45) is 6.56. The number of benzene rings is 1. The number of nitrogens with zero attached hydrogens (tertiary/aromatic N) is 1. The molecule has 0 bridgehead atoms. The number of hydrogen-bond donors (Lipinski definition) is 0. The molecule has 0 N–H and O–H groups in total. The van der Waals surface area contributed by atoms with E-state index in [1.807, 2.05) is 6.08 Å². The van der Waals surface area contributed by atoms with E-state index in [9.17, 15) is 22.8 Å².